The molecule has 1 heterocycles. The fourth-order valence-electron chi connectivity index (χ4n) is 1.77. The molecule has 0 bridgehead atoms. The number of aromatic nitrogens is 2. The lowest BCUT2D eigenvalue weighted by molar-refractivity contribution is 0.486. The Labute approximate surface area is 94.3 Å². The lowest BCUT2D eigenvalue weighted by Crippen LogP contribution is -2.17. The highest BCUT2D eigenvalue weighted by Gasteiger charge is 2.22. The first-order valence-corrected chi connectivity index (χ1v) is 5.87. The van der Waals surface area contributed by atoms with E-state index in [0.29, 0.717) is 16.7 Å². The number of hydrogen-bond acceptors (Lipinski definition) is 2. The molecule has 2 atom stereocenters. The molecule has 0 saturated carbocycles. The van der Waals surface area contributed by atoms with Crippen molar-refractivity contribution in [3.63, 3.8) is 0 Å². The molecule has 0 aliphatic carbocycles. The van der Waals surface area contributed by atoms with Gasteiger partial charge in [0.05, 0.1) is 0 Å². The molecule has 0 amide bonds. The highest BCUT2D eigenvalue weighted by atomic mass is 79.9. The van der Waals surface area contributed by atoms with E-state index in [1.165, 1.54) is 0 Å². The predicted octanol–water partition coefficient (Wildman–Crippen LogP) is 3.31. The van der Waals surface area contributed by atoms with Gasteiger partial charge in [0.2, 0.25) is 0 Å². The van der Waals surface area contributed by atoms with Crippen molar-refractivity contribution in [1.29, 1.82) is 0 Å². The first-order valence-electron chi connectivity index (χ1n) is 4.96. The standard InChI is InChI=1S/C11H17BrN2/c1-7(2)11(8(3)12)10-5-6-13-9(4)14-10/h5-8,11H,1-4H3. The Bertz CT molecular complexity index is 289. The number of halogens is 1. The molecule has 0 radical (unpaired) electrons. The number of rotatable bonds is 3. The normalized spacial score (nSPS) is 15.6. The Hall–Kier alpha value is -0.440. The molecule has 2 unspecified atom stereocenters. The topological polar surface area (TPSA) is 25.8 Å². The molecule has 14 heavy (non-hydrogen) atoms. The summed E-state index contributed by atoms with van der Waals surface area (Å²) in [7, 11) is 0. The molecule has 0 aliphatic rings. The van der Waals surface area contributed by atoms with Crippen molar-refractivity contribution in [3.8, 4) is 0 Å². The highest BCUT2D eigenvalue weighted by Crippen LogP contribution is 2.30. The van der Waals surface area contributed by atoms with Crippen LogP contribution in [0.1, 0.15) is 38.2 Å². The molecule has 1 aromatic rings. The Kier molecular flexibility index (Phi) is 4.05. The van der Waals surface area contributed by atoms with Crippen LogP contribution in [-0.4, -0.2) is 14.8 Å². The largest absolute Gasteiger partial charge is 0.242 e. The summed E-state index contributed by atoms with van der Waals surface area (Å²) in [6.45, 7) is 8.54. The van der Waals surface area contributed by atoms with Crippen LogP contribution in [0, 0.1) is 12.8 Å². The van der Waals surface area contributed by atoms with E-state index in [2.05, 4.69) is 46.7 Å². The van der Waals surface area contributed by atoms with Gasteiger partial charge < -0.3 is 0 Å². The molecule has 78 valence electrons. The smallest absolute Gasteiger partial charge is 0.125 e. The maximum Gasteiger partial charge on any atom is 0.125 e. The molecule has 1 rings (SSSR count). The van der Waals surface area contributed by atoms with Crippen LogP contribution in [0.2, 0.25) is 0 Å². The predicted molar refractivity (Wildman–Crippen MR) is 62.7 cm³/mol. The summed E-state index contributed by atoms with van der Waals surface area (Å²) in [6.07, 6.45) is 1.84. The van der Waals surface area contributed by atoms with Crippen LogP contribution in [0.3, 0.4) is 0 Å². The van der Waals surface area contributed by atoms with E-state index < -0.39 is 0 Å². The average Bonchev–Trinajstić information content (AvgIpc) is 2.02. The Balaban J connectivity index is 2.99. The third-order valence-electron chi connectivity index (χ3n) is 2.35. The van der Waals surface area contributed by atoms with E-state index in [4.69, 9.17) is 0 Å². The minimum absolute atomic E-state index is 0.441. The number of nitrogens with zero attached hydrogens (tertiary/aromatic N) is 2. The maximum absolute atomic E-state index is 4.47. The highest BCUT2D eigenvalue weighted by molar-refractivity contribution is 9.09. The first kappa shape index (κ1) is 11.6. The number of aryl methyl sites for hydroxylation is 1. The average molecular weight is 257 g/mol. The quantitative estimate of drug-likeness (QED) is 0.776. The molecular formula is C11H17BrN2. The van der Waals surface area contributed by atoms with E-state index in [-0.39, 0.29) is 0 Å². The fraction of sp³-hybridized carbons (Fsp3) is 0.636. The lowest BCUT2D eigenvalue weighted by Gasteiger charge is -2.22. The molecule has 0 aromatic carbocycles. The van der Waals surface area contributed by atoms with Gasteiger partial charge in [-0.1, -0.05) is 36.7 Å². The van der Waals surface area contributed by atoms with Crippen LogP contribution >= 0.6 is 15.9 Å². The third-order valence-corrected chi connectivity index (χ3v) is 2.92. The Morgan fingerprint density at radius 1 is 1.29 bits per heavy atom. The molecule has 0 saturated heterocycles. The van der Waals surface area contributed by atoms with Crippen molar-refractivity contribution < 1.29 is 0 Å². The molecule has 0 N–H and O–H groups in total. The van der Waals surface area contributed by atoms with Gasteiger partial charge in [-0.25, -0.2) is 9.97 Å². The van der Waals surface area contributed by atoms with Gasteiger partial charge in [-0.3, -0.25) is 0 Å². The lowest BCUT2D eigenvalue weighted by atomic mass is 9.90. The van der Waals surface area contributed by atoms with Gasteiger partial charge in [0.15, 0.2) is 0 Å². The summed E-state index contributed by atoms with van der Waals surface area (Å²) in [5.74, 6) is 1.89. The number of hydrogen-bond donors (Lipinski definition) is 0. The van der Waals surface area contributed by atoms with E-state index in [9.17, 15) is 0 Å². The summed E-state index contributed by atoms with van der Waals surface area (Å²) in [5.41, 5.74) is 1.14. The van der Waals surface area contributed by atoms with Crippen molar-refractivity contribution in [1.82, 2.24) is 9.97 Å². The molecular weight excluding hydrogens is 240 g/mol. The number of alkyl halides is 1. The van der Waals surface area contributed by atoms with Crippen molar-refractivity contribution in [3.05, 3.63) is 23.8 Å². The second kappa shape index (κ2) is 4.87. The summed E-state index contributed by atoms with van der Waals surface area (Å²) in [4.78, 5) is 9.03. The van der Waals surface area contributed by atoms with Gasteiger partial charge in [-0.15, -0.1) is 0 Å². The molecule has 2 nitrogen and oxygen atoms in total. The SMILES string of the molecule is Cc1nccc(C(C(C)C)C(C)Br)n1. The van der Waals surface area contributed by atoms with Crippen LogP contribution in [0.5, 0.6) is 0 Å². The second-order valence-corrected chi connectivity index (χ2v) is 5.42. The van der Waals surface area contributed by atoms with E-state index >= 15 is 0 Å². The molecule has 0 aliphatic heterocycles. The molecule has 0 fully saturated rings. The van der Waals surface area contributed by atoms with Crippen molar-refractivity contribution in [2.75, 3.05) is 0 Å². The van der Waals surface area contributed by atoms with E-state index in [1.54, 1.807) is 0 Å². The maximum atomic E-state index is 4.47. The monoisotopic (exact) mass is 256 g/mol. The van der Waals surface area contributed by atoms with Gasteiger partial charge in [-0.2, -0.15) is 0 Å². The zero-order chi connectivity index (χ0) is 10.7. The summed E-state index contributed by atoms with van der Waals surface area (Å²) < 4.78 is 0. The second-order valence-electron chi connectivity index (χ2n) is 3.98. The Morgan fingerprint density at radius 2 is 1.93 bits per heavy atom. The van der Waals surface area contributed by atoms with Crippen LogP contribution in [-0.2, 0) is 0 Å². The summed E-state index contributed by atoms with van der Waals surface area (Å²) in [5, 5.41) is 0. The fourth-order valence-corrected chi connectivity index (χ4v) is 2.65. The van der Waals surface area contributed by atoms with Crippen molar-refractivity contribution in [2.45, 2.75) is 38.4 Å². The van der Waals surface area contributed by atoms with Crippen molar-refractivity contribution in [2.24, 2.45) is 5.92 Å². The van der Waals surface area contributed by atoms with Gasteiger partial charge in [0, 0.05) is 22.6 Å². The zero-order valence-electron chi connectivity index (χ0n) is 9.16. The van der Waals surface area contributed by atoms with Gasteiger partial charge in [0.1, 0.15) is 5.82 Å². The molecule has 0 spiro atoms. The van der Waals surface area contributed by atoms with E-state index in [1.807, 2.05) is 19.2 Å². The van der Waals surface area contributed by atoms with E-state index in [0.717, 1.165) is 11.5 Å². The zero-order valence-corrected chi connectivity index (χ0v) is 10.7. The van der Waals surface area contributed by atoms with Crippen molar-refractivity contribution >= 4 is 15.9 Å². The summed E-state index contributed by atoms with van der Waals surface area (Å²) >= 11 is 3.64. The third kappa shape index (κ3) is 2.77. The van der Waals surface area contributed by atoms with Crippen LogP contribution in [0.4, 0.5) is 0 Å². The minimum Gasteiger partial charge on any atom is -0.242 e. The Morgan fingerprint density at radius 3 is 2.36 bits per heavy atom. The molecule has 3 heteroatoms. The minimum atomic E-state index is 0.441. The summed E-state index contributed by atoms with van der Waals surface area (Å²) in [6, 6.07) is 2.01. The van der Waals surface area contributed by atoms with Gasteiger partial charge in [-0.05, 0) is 18.9 Å². The van der Waals surface area contributed by atoms with Crippen LogP contribution < -0.4 is 0 Å². The van der Waals surface area contributed by atoms with Crippen LogP contribution in [0.25, 0.3) is 0 Å². The first-order chi connectivity index (χ1) is 6.52. The van der Waals surface area contributed by atoms with Gasteiger partial charge in [0.25, 0.3) is 0 Å². The molecule has 1 aromatic heterocycles. The van der Waals surface area contributed by atoms with Crippen LogP contribution in [0.15, 0.2) is 12.3 Å². The van der Waals surface area contributed by atoms with Gasteiger partial charge >= 0.3 is 0 Å².